The van der Waals surface area contributed by atoms with Crippen LogP contribution in [0.1, 0.15) is 25.0 Å². The molecular weight excluding hydrogens is 346 g/mol. The summed E-state index contributed by atoms with van der Waals surface area (Å²) < 4.78 is 5.40. The molecule has 1 heterocycles. The lowest BCUT2D eigenvalue weighted by Gasteiger charge is -2.19. The van der Waals surface area contributed by atoms with Crippen LogP contribution in [0.4, 0.5) is 5.69 Å². The number of carbonyl (C=O) groups is 2. The van der Waals surface area contributed by atoms with E-state index in [-0.39, 0.29) is 17.1 Å². The molecule has 0 atom stereocenters. The van der Waals surface area contributed by atoms with Gasteiger partial charge in [0.1, 0.15) is 5.75 Å². The number of aryl methyl sites for hydroxylation is 1. The zero-order valence-corrected chi connectivity index (χ0v) is 16.1. The first kappa shape index (κ1) is 18.3. The van der Waals surface area contributed by atoms with Gasteiger partial charge >= 0.3 is 0 Å². The highest BCUT2D eigenvalue weighted by Gasteiger charge is 2.41. The van der Waals surface area contributed by atoms with E-state index in [2.05, 4.69) is 0 Å². The summed E-state index contributed by atoms with van der Waals surface area (Å²) in [6, 6.07) is 14.8. The van der Waals surface area contributed by atoms with E-state index >= 15 is 0 Å². The third kappa shape index (κ3) is 3.27. The topological polar surface area (TPSA) is 46.6 Å². The van der Waals surface area contributed by atoms with Gasteiger partial charge in [0.25, 0.3) is 11.8 Å². The van der Waals surface area contributed by atoms with E-state index in [1.54, 1.807) is 12.1 Å². The molecule has 0 bridgehead atoms. The Morgan fingerprint density at radius 3 is 2.31 bits per heavy atom. The van der Waals surface area contributed by atoms with E-state index in [0.29, 0.717) is 21.9 Å². The average molecular weight is 367 g/mol. The van der Waals surface area contributed by atoms with Crippen LogP contribution in [-0.2, 0) is 9.59 Å². The first-order chi connectivity index (χ1) is 12.4. The van der Waals surface area contributed by atoms with Crippen molar-refractivity contribution in [2.24, 2.45) is 0 Å². The van der Waals surface area contributed by atoms with Gasteiger partial charge in [-0.3, -0.25) is 9.59 Å². The molecule has 1 aliphatic heterocycles. The number of hydrogen-bond acceptors (Lipinski definition) is 4. The number of benzene rings is 2. The van der Waals surface area contributed by atoms with Crippen LogP contribution in [0.2, 0.25) is 0 Å². The van der Waals surface area contributed by atoms with Crippen LogP contribution in [-0.4, -0.2) is 24.2 Å². The van der Waals surface area contributed by atoms with Gasteiger partial charge in [-0.05, 0) is 30.2 Å². The summed E-state index contributed by atoms with van der Waals surface area (Å²) in [7, 11) is 1.54. The van der Waals surface area contributed by atoms with Crippen molar-refractivity contribution in [3.05, 3.63) is 64.6 Å². The molecule has 0 unspecified atom stereocenters. The summed E-state index contributed by atoms with van der Waals surface area (Å²) in [6.45, 7) is 5.94. The zero-order chi connectivity index (χ0) is 18.8. The van der Waals surface area contributed by atoms with E-state index in [1.807, 2.05) is 57.2 Å². The Bertz CT molecular complexity index is 887. The second kappa shape index (κ2) is 7.38. The maximum absolute atomic E-state index is 13.3. The number of carbonyl (C=O) groups excluding carboxylic acids is 2. The Hall–Kier alpha value is -2.53. The van der Waals surface area contributed by atoms with Crippen molar-refractivity contribution in [2.45, 2.75) is 26.0 Å². The number of nitrogens with zero attached hydrogens (tertiary/aromatic N) is 1. The van der Waals surface area contributed by atoms with Crippen molar-refractivity contribution in [1.29, 1.82) is 0 Å². The summed E-state index contributed by atoms with van der Waals surface area (Å²) in [5.41, 5.74) is 2.64. The van der Waals surface area contributed by atoms with Gasteiger partial charge in [-0.1, -0.05) is 50.2 Å². The fraction of sp³-hybridized carbons (Fsp3) is 0.238. The van der Waals surface area contributed by atoms with Gasteiger partial charge in [0.15, 0.2) is 0 Å². The van der Waals surface area contributed by atoms with Gasteiger partial charge < -0.3 is 4.74 Å². The molecule has 3 rings (SSSR count). The molecule has 0 aromatic heterocycles. The van der Waals surface area contributed by atoms with Crippen LogP contribution in [0.3, 0.4) is 0 Å². The maximum atomic E-state index is 13.3. The molecule has 4 nitrogen and oxygen atoms in total. The minimum Gasteiger partial charge on any atom is -0.495 e. The molecule has 0 saturated heterocycles. The molecule has 26 heavy (non-hydrogen) atoms. The van der Waals surface area contributed by atoms with Gasteiger partial charge in [-0.2, -0.15) is 0 Å². The van der Waals surface area contributed by atoms with Crippen molar-refractivity contribution in [1.82, 2.24) is 0 Å². The smallest absolute Gasteiger partial charge is 0.272 e. The lowest BCUT2D eigenvalue weighted by molar-refractivity contribution is -0.119. The number of anilines is 1. The second-order valence-corrected chi connectivity index (χ2v) is 7.94. The highest BCUT2D eigenvalue weighted by atomic mass is 32.2. The molecule has 2 amide bonds. The standard InChI is InChI=1S/C21H21NO3S/c1-13(2)26-19-18(15-8-6-5-7-9-15)20(23)22(21(19)24)16-12-14(3)10-11-17(16)25-4/h5-13H,1-4H3. The lowest BCUT2D eigenvalue weighted by Crippen LogP contribution is -2.31. The molecule has 134 valence electrons. The second-order valence-electron chi connectivity index (χ2n) is 6.36. The van der Waals surface area contributed by atoms with Crippen LogP contribution < -0.4 is 9.64 Å². The number of hydrogen-bond donors (Lipinski definition) is 0. The van der Waals surface area contributed by atoms with E-state index in [9.17, 15) is 9.59 Å². The van der Waals surface area contributed by atoms with Crippen LogP contribution in [0, 0.1) is 6.92 Å². The molecule has 1 aliphatic rings. The molecule has 0 saturated carbocycles. The third-order valence-electron chi connectivity index (χ3n) is 4.03. The fourth-order valence-electron chi connectivity index (χ4n) is 2.91. The fourth-order valence-corrected chi connectivity index (χ4v) is 3.89. The van der Waals surface area contributed by atoms with Gasteiger partial charge in [-0.25, -0.2) is 4.90 Å². The minimum atomic E-state index is -0.312. The summed E-state index contributed by atoms with van der Waals surface area (Å²) in [6.07, 6.45) is 0. The predicted octanol–water partition coefficient (Wildman–Crippen LogP) is 4.43. The number of rotatable bonds is 5. The van der Waals surface area contributed by atoms with E-state index < -0.39 is 0 Å². The zero-order valence-electron chi connectivity index (χ0n) is 15.3. The third-order valence-corrected chi connectivity index (χ3v) is 5.12. The Kier molecular flexibility index (Phi) is 5.18. The van der Waals surface area contributed by atoms with Crippen LogP contribution in [0.15, 0.2) is 53.4 Å². The van der Waals surface area contributed by atoms with E-state index in [1.165, 1.54) is 23.8 Å². The summed E-state index contributed by atoms with van der Waals surface area (Å²) in [4.78, 5) is 28.2. The van der Waals surface area contributed by atoms with E-state index in [0.717, 1.165) is 11.1 Å². The molecular formula is C21H21NO3S. The summed E-state index contributed by atoms with van der Waals surface area (Å²) >= 11 is 1.42. The minimum absolute atomic E-state index is 0.180. The summed E-state index contributed by atoms with van der Waals surface area (Å²) in [5.74, 6) is -0.106. The molecule has 0 spiro atoms. The van der Waals surface area contributed by atoms with Crippen LogP contribution in [0.5, 0.6) is 5.75 Å². The molecule has 2 aromatic carbocycles. The summed E-state index contributed by atoms with van der Waals surface area (Å²) in [5, 5.41) is 0.180. The van der Waals surface area contributed by atoms with Gasteiger partial charge in [0.2, 0.25) is 0 Å². The number of methoxy groups -OCH3 is 1. The normalized spacial score (nSPS) is 14.6. The first-order valence-electron chi connectivity index (χ1n) is 8.43. The highest BCUT2D eigenvalue weighted by Crippen LogP contribution is 2.42. The van der Waals surface area contributed by atoms with Crippen molar-refractivity contribution in [2.75, 3.05) is 12.0 Å². The predicted molar refractivity (Wildman–Crippen MR) is 106 cm³/mol. The number of amides is 2. The number of ether oxygens (including phenoxy) is 1. The Labute approximate surface area is 157 Å². The Morgan fingerprint density at radius 2 is 1.69 bits per heavy atom. The van der Waals surface area contributed by atoms with E-state index in [4.69, 9.17) is 4.74 Å². The maximum Gasteiger partial charge on any atom is 0.272 e. The molecule has 5 heteroatoms. The van der Waals surface area contributed by atoms with Gasteiger partial charge in [0, 0.05) is 5.25 Å². The van der Waals surface area contributed by atoms with Crippen molar-refractivity contribution < 1.29 is 14.3 Å². The van der Waals surface area contributed by atoms with Gasteiger partial charge in [0.05, 0.1) is 23.3 Å². The van der Waals surface area contributed by atoms with Crippen LogP contribution in [0.25, 0.3) is 5.57 Å². The molecule has 0 aliphatic carbocycles. The van der Waals surface area contributed by atoms with Gasteiger partial charge in [-0.15, -0.1) is 11.8 Å². The largest absolute Gasteiger partial charge is 0.495 e. The lowest BCUT2D eigenvalue weighted by atomic mass is 10.1. The SMILES string of the molecule is COc1ccc(C)cc1N1C(=O)C(SC(C)C)=C(c2ccccc2)C1=O. The molecule has 2 aromatic rings. The Balaban J connectivity index is 2.15. The quantitative estimate of drug-likeness (QED) is 0.734. The number of imide groups is 1. The first-order valence-corrected chi connectivity index (χ1v) is 9.31. The monoisotopic (exact) mass is 367 g/mol. The molecule has 0 fully saturated rings. The van der Waals surface area contributed by atoms with Crippen molar-refractivity contribution in [3.63, 3.8) is 0 Å². The number of thioether (sulfide) groups is 1. The molecule has 0 N–H and O–H groups in total. The molecule has 0 radical (unpaired) electrons. The van der Waals surface area contributed by atoms with Crippen molar-refractivity contribution >= 4 is 34.8 Å². The Morgan fingerprint density at radius 1 is 1.00 bits per heavy atom. The van der Waals surface area contributed by atoms with Crippen molar-refractivity contribution in [3.8, 4) is 5.75 Å². The van der Waals surface area contributed by atoms with Crippen LogP contribution >= 0.6 is 11.8 Å². The highest BCUT2D eigenvalue weighted by molar-refractivity contribution is 8.04. The average Bonchev–Trinajstić information content (AvgIpc) is 2.85.